The molecule has 3 saturated heterocycles. The lowest BCUT2D eigenvalue weighted by molar-refractivity contribution is -0.118. The van der Waals surface area contributed by atoms with Crippen molar-refractivity contribution < 1.29 is 71.4 Å². The molecule has 11 heterocycles. The van der Waals surface area contributed by atoms with Gasteiger partial charge >= 0.3 is 18.1 Å². The van der Waals surface area contributed by atoms with Crippen LogP contribution in [0.3, 0.4) is 0 Å². The number of hydrogen-bond donors (Lipinski definition) is 6. The van der Waals surface area contributed by atoms with Crippen LogP contribution in [0.1, 0.15) is 40.8 Å². The Bertz CT molecular complexity index is 5130. The van der Waals surface area contributed by atoms with Crippen LogP contribution in [0.2, 0.25) is 30.1 Å². The van der Waals surface area contributed by atoms with Gasteiger partial charge < -0.3 is 74.5 Å². The molecule has 6 unspecified atom stereocenters. The van der Waals surface area contributed by atoms with Crippen molar-refractivity contribution in [3.05, 3.63) is 156 Å². The number of carbonyl (C=O) groups is 6. The molecule has 43 heteroatoms. The second-order valence-corrected chi connectivity index (χ2v) is 30.5. The molecule has 119 heavy (non-hydrogen) atoms. The summed E-state index contributed by atoms with van der Waals surface area (Å²) in [6, 6.07) is 1.83. The van der Waals surface area contributed by atoms with Gasteiger partial charge in [0, 0.05) is 84.2 Å². The normalized spacial score (nSPS) is 19.1. The first kappa shape index (κ1) is 85.9. The predicted octanol–water partition coefficient (Wildman–Crippen LogP) is 10.7. The van der Waals surface area contributed by atoms with E-state index in [1.165, 1.54) is 96.7 Å². The molecule has 15 rings (SSSR count). The number of amides is 9. The van der Waals surface area contributed by atoms with Crippen LogP contribution in [0.15, 0.2) is 98.0 Å². The number of ether oxygens (including phenoxy) is 9. The molecule has 628 valence electrons. The number of nitrogens with one attached hydrogen (secondary N) is 6. The minimum Gasteiger partial charge on any atom is -0.495 e. The molecule has 7 aliphatic rings. The Hall–Kier alpha value is -11.0. The Morgan fingerprint density at radius 1 is 0.479 bits per heavy atom. The standard InChI is InChI=1S/C26H28Cl2N8O5.C25H25Cl2N7O5S.C25H28Cl2N6O5/c1-5-20(37)31-16-12-41-13-17(16)32-25-29-8-15-11-35(23-21(27)18(39-3)6-19(40-4)22(23)28)26(38)36(24(15)33-25)10-14-7-30-34(2)9-14;1-4-19(35)30-15-9-39-10-16(15)31-24-28-6-13-7-33(22-20(26)17(37-2)5-18(38-3)21(22)27)25(36)34(23(13)32-24)8-14-11-40-12-29-14;1-4-19(34)29-15-11-38-12-16(15)30-24-28-8-14-10-32(25(35)33(23(14)31-24)9-13-5-6-13)22-20(26)17(36-2)7-18(37-3)21(22)27/h5-9,16-17H,1,10-13H2,2-4H3,(H,31,37)(H,29,32,33);4-6,11-12,15-16H,1,7-10H2,2-3H3,(H,30,35)(H,28,31,32);4,7-8,13,15-16H,1,5-6,9-12H2,2-3H3,(H,29,34)(H,28,30,31). The lowest BCUT2D eigenvalue weighted by atomic mass is 10.1. The van der Waals surface area contributed by atoms with E-state index in [0.717, 1.165) is 24.0 Å². The highest BCUT2D eigenvalue weighted by molar-refractivity contribution is 7.07. The fourth-order valence-corrected chi connectivity index (χ4v) is 16.3. The van der Waals surface area contributed by atoms with Crippen molar-refractivity contribution in [2.24, 2.45) is 13.0 Å². The first-order valence-electron chi connectivity index (χ1n) is 36.7. The van der Waals surface area contributed by atoms with E-state index in [1.54, 1.807) is 65.1 Å². The molecule has 3 aromatic carbocycles. The zero-order valence-electron chi connectivity index (χ0n) is 65.1. The van der Waals surface area contributed by atoms with Gasteiger partial charge in [-0.3, -0.25) is 48.5 Å². The van der Waals surface area contributed by atoms with Gasteiger partial charge in [0.2, 0.25) is 35.6 Å². The summed E-state index contributed by atoms with van der Waals surface area (Å²) in [5, 5.41) is 25.3. The summed E-state index contributed by atoms with van der Waals surface area (Å²) < 4.78 is 50.7. The number of carbonyl (C=O) groups excluding carboxylic acids is 6. The largest absolute Gasteiger partial charge is 0.495 e. The number of anilines is 9. The Morgan fingerprint density at radius 3 is 1.11 bits per heavy atom. The Labute approximate surface area is 716 Å². The smallest absolute Gasteiger partial charge is 0.330 e. The van der Waals surface area contributed by atoms with Crippen molar-refractivity contribution >= 4 is 169 Å². The number of benzene rings is 3. The summed E-state index contributed by atoms with van der Waals surface area (Å²) in [5.74, 6) is 3.55. The summed E-state index contributed by atoms with van der Waals surface area (Å²) in [5.41, 5.74) is 5.94. The highest BCUT2D eigenvalue weighted by Crippen LogP contribution is 2.52. The molecule has 0 spiro atoms. The molecule has 1 aliphatic carbocycles. The zero-order valence-corrected chi connectivity index (χ0v) is 70.4. The van der Waals surface area contributed by atoms with E-state index in [4.69, 9.17) is 127 Å². The highest BCUT2D eigenvalue weighted by Gasteiger charge is 2.44. The van der Waals surface area contributed by atoms with Gasteiger partial charge in [-0.15, -0.1) is 11.3 Å². The van der Waals surface area contributed by atoms with Crippen LogP contribution in [-0.4, -0.2) is 206 Å². The summed E-state index contributed by atoms with van der Waals surface area (Å²) in [6.07, 6.45) is 14.1. The van der Waals surface area contributed by atoms with Gasteiger partial charge in [0.1, 0.15) is 82.1 Å². The third-order valence-electron chi connectivity index (χ3n) is 19.9. The SMILES string of the molecule is C=CC(=O)NC1COCC1Nc1ncc2c(n1)N(CC1CC1)C(=O)N(c1c(Cl)c(OC)cc(OC)c1Cl)C2.C=CC(=O)NC1COCC1Nc1ncc2c(n1)N(Cc1cnn(C)c1)C(=O)N(c1c(Cl)c(OC)cc(OC)c1Cl)C2.C=CC(=O)NC1COCC1Nc1ncc2c(n1)N(Cc1cscn1)C(=O)N(c1c(Cl)c(OC)cc(OC)c1Cl)C2. The monoisotopic (exact) mass is 1770 g/mol. The maximum atomic E-state index is 14.1. The fourth-order valence-electron chi connectivity index (χ4n) is 13.7. The molecule has 6 aliphatic heterocycles. The Balaban J connectivity index is 0.000000155. The molecule has 8 aromatic rings. The number of hydrogen-bond acceptors (Lipinski definition) is 27. The Kier molecular flexibility index (Phi) is 27.4. The first-order chi connectivity index (χ1) is 57.4. The number of urea groups is 3. The topological polar surface area (TPSA) is 385 Å². The van der Waals surface area contributed by atoms with Crippen LogP contribution in [0, 0.1) is 5.92 Å². The van der Waals surface area contributed by atoms with E-state index in [2.05, 4.69) is 76.7 Å². The van der Waals surface area contributed by atoms with Crippen LogP contribution < -0.4 is 89.7 Å². The lowest BCUT2D eigenvalue weighted by Crippen LogP contribution is -2.49. The number of methoxy groups -OCH3 is 6. The van der Waals surface area contributed by atoms with Crippen molar-refractivity contribution in [1.82, 2.24) is 60.6 Å². The van der Waals surface area contributed by atoms with E-state index in [9.17, 15) is 28.8 Å². The molecule has 9 amide bonds. The second-order valence-electron chi connectivity index (χ2n) is 27.6. The van der Waals surface area contributed by atoms with Crippen molar-refractivity contribution in [2.75, 3.05) is 134 Å². The van der Waals surface area contributed by atoms with Gasteiger partial charge in [-0.05, 0) is 37.0 Å². The number of aromatic nitrogens is 9. The molecular formula is C76H81Cl6N21O15S. The molecule has 4 fully saturated rings. The van der Waals surface area contributed by atoms with Gasteiger partial charge in [0.15, 0.2) is 0 Å². The zero-order chi connectivity index (χ0) is 84.6. The maximum Gasteiger partial charge on any atom is 0.330 e. The molecule has 0 radical (unpaired) electrons. The minimum atomic E-state index is -0.426. The van der Waals surface area contributed by atoms with E-state index < -0.39 is 12.1 Å². The second kappa shape index (κ2) is 37.9. The van der Waals surface area contributed by atoms with Crippen LogP contribution in [-0.2, 0) is 68.4 Å². The van der Waals surface area contributed by atoms with Crippen LogP contribution in [0.5, 0.6) is 34.5 Å². The van der Waals surface area contributed by atoms with E-state index in [0.29, 0.717) is 133 Å². The number of fused-ring (bicyclic) bond motifs is 3. The predicted molar refractivity (Wildman–Crippen MR) is 448 cm³/mol. The molecule has 6 N–H and O–H groups in total. The summed E-state index contributed by atoms with van der Waals surface area (Å²) in [4.78, 5) is 119. The van der Waals surface area contributed by atoms with Crippen LogP contribution in [0.25, 0.3) is 0 Å². The summed E-state index contributed by atoms with van der Waals surface area (Å²) in [7, 11) is 10.6. The van der Waals surface area contributed by atoms with Crippen LogP contribution in [0.4, 0.5) is 66.7 Å². The average Bonchev–Trinajstić information content (AvgIpc) is 1.39. The molecule has 5 aromatic heterocycles. The number of thiazole rings is 1. The lowest BCUT2D eigenvalue weighted by Gasteiger charge is -2.37. The third kappa shape index (κ3) is 18.7. The number of halogens is 6. The molecule has 1 saturated carbocycles. The number of aryl methyl sites for hydroxylation is 1. The van der Waals surface area contributed by atoms with Crippen molar-refractivity contribution in [1.29, 1.82) is 0 Å². The molecular weight excluding hydrogens is 1690 g/mol. The number of nitrogens with zero attached hydrogens (tertiary/aromatic N) is 15. The molecule has 36 nitrogen and oxygen atoms in total. The van der Waals surface area contributed by atoms with Crippen molar-refractivity contribution in [3.63, 3.8) is 0 Å². The van der Waals surface area contributed by atoms with Gasteiger partial charge in [-0.1, -0.05) is 89.3 Å². The van der Waals surface area contributed by atoms with E-state index in [-0.39, 0.29) is 146 Å². The van der Waals surface area contributed by atoms with E-state index in [1.807, 2.05) is 11.6 Å². The van der Waals surface area contributed by atoms with Crippen LogP contribution >= 0.6 is 80.9 Å². The summed E-state index contributed by atoms with van der Waals surface area (Å²) in [6.45, 7) is 13.7. The van der Waals surface area contributed by atoms with Crippen molar-refractivity contribution in [2.45, 2.75) is 81.8 Å². The average molecular weight is 1770 g/mol. The van der Waals surface area contributed by atoms with Gasteiger partial charge in [0.05, 0.1) is 186 Å². The van der Waals surface area contributed by atoms with Crippen molar-refractivity contribution in [3.8, 4) is 34.5 Å². The third-order valence-corrected chi connectivity index (χ3v) is 22.7. The fraction of sp³-hybridized carbons (Fsp3) is 0.368. The number of rotatable bonds is 27. The van der Waals surface area contributed by atoms with E-state index >= 15 is 0 Å². The summed E-state index contributed by atoms with van der Waals surface area (Å²) >= 11 is 41.4. The van der Waals surface area contributed by atoms with Gasteiger partial charge in [-0.2, -0.15) is 20.1 Å². The van der Waals surface area contributed by atoms with Gasteiger partial charge in [0.25, 0.3) is 0 Å². The highest BCUT2D eigenvalue weighted by atomic mass is 35.5. The van der Waals surface area contributed by atoms with Gasteiger partial charge in [-0.25, -0.2) is 34.3 Å². The Morgan fingerprint density at radius 2 is 0.807 bits per heavy atom. The molecule has 6 atom stereocenters. The quantitative estimate of drug-likeness (QED) is 0.0260. The first-order valence-corrected chi connectivity index (χ1v) is 39.9. The maximum absolute atomic E-state index is 14.1. The minimum absolute atomic E-state index is 0.0817. The molecule has 0 bridgehead atoms.